The molecule has 2 aromatic carbocycles. The van der Waals surface area contributed by atoms with Crippen LogP contribution < -0.4 is 14.8 Å². The quantitative estimate of drug-likeness (QED) is 0.519. The number of sulfonamides is 1. The number of benzene rings is 2. The van der Waals surface area contributed by atoms with E-state index in [9.17, 15) is 17.6 Å². The van der Waals surface area contributed by atoms with Crippen LogP contribution >= 0.6 is 0 Å². The van der Waals surface area contributed by atoms with E-state index in [2.05, 4.69) is 15.0 Å². The number of hydrogen-bond donors (Lipinski definition) is 2. The van der Waals surface area contributed by atoms with Gasteiger partial charge < -0.3 is 14.6 Å². The van der Waals surface area contributed by atoms with Gasteiger partial charge in [-0.25, -0.2) is 22.5 Å². The Morgan fingerprint density at radius 1 is 1.26 bits per heavy atom. The zero-order valence-electron chi connectivity index (χ0n) is 16.9. The number of methoxy groups -OCH3 is 1. The molecule has 0 saturated carbocycles. The summed E-state index contributed by atoms with van der Waals surface area (Å²) in [4.78, 5) is 16.0. The monoisotopic (exact) mass is 444 g/mol. The van der Waals surface area contributed by atoms with Gasteiger partial charge in [0, 0.05) is 25.0 Å². The minimum Gasteiger partial charge on any atom is -0.495 e. The second kappa shape index (κ2) is 9.54. The van der Waals surface area contributed by atoms with E-state index >= 15 is 0 Å². The molecular formula is C21H21FN4O4S. The highest BCUT2D eigenvalue weighted by Crippen LogP contribution is 2.25. The lowest BCUT2D eigenvalue weighted by Gasteiger charge is -2.09. The number of rotatable bonds is 8. The fraction of sp³-hybridized carbons (Fsp3) is 0.143. The lowest BCUT2D eigenvalue weighted by atomic mass is 10.2. The van der Waals surface area contributed by atoms with Crippen molar-refractivity contribution >= 4 is 22.0 Å². The minimum atomic E-state index is -3.72. The summed E-state index contributed by atoms with van der Waals surface area (Å²) >= 11 is 0. The van der Waals surface area contributed by atoms with Crippen molar-refractivity contribution in [3.05, 3.63) is 78.1 Å². The number of imidazole rings is 1. The van der Waals surface area contributed by atoms with Crippen molar-refractivity contribution in [2.45, 2.75) is 11.4 Å². The van der Waals surface area contributed by atoms with Crippen LogP contribution in [0.4, 0.5) is 4.39 Å². The van der Waals surface area contributed by atoms with Crippen LogP contribution in [0.25, 0.3) is 11.8 Å². The molecule has 0 radical (unpaired) electrons. The Bertz CT molecular complexity index is 1210. The van der Waals surface area contributed by atoms with Crippen LogP contribution in [0.2, 0.25) is 0 Å². The highest BCUT2D eigenvalue weighted by Gasteiger charge is 2.17. The van der Waals surface area contributed by atoms with Gasteiger partial charge in [0.25, 0.3) is 0 Å². The van der Waals surface area contributed by atoms with Crippen LogP contribution in [0.3, 0.4) is 0 Å². The first-order valence-corrected chi connectivity index (χ1v) is 10.7. The number of ether oxygens (including phenoxy) is 1. The Hall–Kier alpha value is -3.50. The fourth-order valence-corrected chi connectivity index (χ4v) is 3.74. The number of halogens is 1. The molecule has 0 fully saturated rings. The molecule has 0 spiro atoms. The molecule has 31 heavy (non-hydrogen) atoms. The Labute approximate surface area is 179 Å². The second-order valence-electron chi connectivity index (χ2n) is 6.42. The molecule has 0 unspecified atom stereocenters. The van der Waals surface area contributed by atoms with Crippen LogP contribution in [-0.2, 0) is 21.4 Å². The summed E-state index contributed by atoms with van der Waals surface area (Å²) in [7, 11) is -1.05. The molecule has 0 saturated heterocycles. The van der Waals surface area contributed by atoms with Gasteiger partial charge in [0.15, 0.2) is 0 Å². The van der Waals surface area contributed by atoms with Crippen molar-refractivity contribution in [1.29, 1.82) is 0 Å². The lowest BCUT2D eigenvalue weighted by molar-refractivity contribution is -0.116. The van der Waals surface area contributed by atoms with Gasteiger partial charge in [-0.2, -0.15) is 0 Å². The van der Waals surface area contributed by atoms with Crippen LogP contribution in [0.5, 0.6) is 5.75 Å². The summed E-state index contributed by atoms with van der Waals surface area (Å²) in [5.74, 6) is -0.651. The summed E-state index contributed by atoms with van der Waals surface area (Å²) in [6, 6.07) is 9.19. The predicted octanol–water partition coefficient (Wildman–Crippen LogP) is 2.26. The Morgan fingerprint density at radius 3 is 2.71 bits per heavy atom. The zero-order chi connectivity index (χ0) is 22.4. The SMILES string of the molecule is CNS(=O)(=O)c1cc(/C=C/C(=O)NCc2ccc(-n3ccnc3)c(F)c2)ccc1OC. The third-order valence-corrected chi connectivity index (χ3v) is 5.87. The molecule has 10 heteroatoms. The van der Waals surface area contributed by atoms with E-state index in [1.54, 1.807) is 35.2 Å². The number of carbonyl (C=O) groups excluding carboxylic acids is 1. The molecule has 1 aromatic heterocycles. The molecule has 2 N–H and O–H groups in total. The lowest BCUT2D eigenvalue weighted by Crippen LogP contribution is -2.20. The first kappa shape index (κ1) is 22.2. The second-order valence-corrected chi connectivity index (χ2v) is 8.28. The van der Waals surface area contributed by atoms with Gasteiger partial charge >= 0.3 is 0 Å². The summed E-state index contributed by atoms with van der Waals surface area (Å²) in [6.45, 7) is 0.131. The van der Waals surface area contributed by atoms with Gasteiger partial charge in [0.05, 0.1) is 19.1 Å². The smallest absolute Gasteiger partial charge is 0.244 e. The average Bonchev–Trinajstić information content (AvgIpc) is 3.30. The molecule has 0 aliphatic carbocycles. The summed E-state index contributed by atoms with van der Waals surface area (Å²) in [5.41, 5.74) is 1.45. The minimum absolute atomic E-state index is 0.0338. The van der Waals surface area contributed by atoms with Gasteiger partial charge in [-0.15, -0.1) is 0 Å². The van der Waals surface area contributed by atoms with Gasteiger partial charge in [-0.3, -0.25) is 4.79 Å². The Kier molecular flexibility index (Phi) is 6.83. The normalized spacial score (nSPS) is 11.6. The van der Waals surface area contributed by atoms with Crippen molar-refractivity contribution in [3.63, 3.8) is 0 Å². The van der Waals surface area contributed by atoms with Crippen molar-refractivity contribution in [2.75, 3.05) is 14.2 Å². The molecular weight excluding hydrogens is 423 g/mol. The van der Waals surface area contributed by atoms with E-state index < -0.39 is 21.7 Å². The molecule has 1 heterocycles. The molecule has 1 amide bonds. The van der Waals surface area contributed by atoms with E-state index in [0.717, 1.165) is 0 Å². The maximum absolute atomic E-state index is 14.3. The van der Waals surface area contributed by atoms with Gasteiger partial charge in [-0.1, -0.05) is 12.1 Å². The highest BCUT2D eigenvalue weighted by atomic mass is 32.2. The zero-order valence-corrected chi connectivity index (χ0v) is 17.7. The van der Waals surface area contributed by atoms with Crippen LogP contribution in [0.15, 0.2) is 66.1 Å². The summed E-state index contributed by atoms with van der Waals surface area (Å²) in [6.07, 6.45) is 7.44. The molecule has 3 rings (SSSR count). The summed E-state index contributed by atoms with van der Waals surface area (Å²) < 4.78 is 47.4. The topological polar surface area (TPSA) is 102 Å². The van der Waals surface area contributed by atoms with E-state index in [0.29, 0.717) is 16.8 Å². The maximum atomic E-state index is 14.3. The van der Waals surface area contributed by atoms with E-state index in [-0.39, 0.29) is 17.2 Å². The van der Waals surface area contributed by atoms with Crippen LogP contribution in [0, 0.1) is 5.82 Å². The van der Waals surface area contributed by atoms with Crippen molar-refractivity contribution in [1.82, 2.24) is 19.6 Å². The number of aromatic nitrogens is 2. The van der Waals surface area contributed by atoms with E-state index in [4.69, 9.17) is 4.74 Å². The third kappa shape index (κ3) is 5.36. The molecule has 0 aliphatic rings. The predicted molar refractivity (Wildman–Crippen MR) is 114 cm³/mol. The van der Waals surface area contributed by atoms with Crippen molar-refractivity contribution in [3.8, 4) is 11.4 Å². The highest BCUT2D eigenvalue weighted by molar-refractivity contribution is 7.89. The van der Waals surface area contributed by atoms with E-state index in [1.165, 1.54) is 50.8 Å². The average molecular weight is 444 g/mol. The largest absolute Gasteiger partial charge is 0.495 e. The molecule has 8 nitrogen and oxygen atoms in total. The molecule has 0 aliphatic heterocycles. The van der Waals surface area contributed by atoms with Gasteiger partial charge in [0.2, 0.25) is 15.9 Å². The van der Waals surface area contributed by atoms with Gasteiger partial charge in [-0.05, 0) is 48.5 Å². The third-order valence-electron chi connectivity index (χ3n) is 4.43. The first-order valence-electron chi connectivity index (χ1n) is 9.18. The number of carbonyl (C=O) groups is 1. The molecule has 0 bridgehead atoms. The maximum Gasteiger partial charge on any atom is 0.244 e. The summed E-state index contributed by atoms with van der Waals surface area (Å²) in [5, 5.41) is 2.66. The van der Waals surface area contributed by atoms with Crippen molar-refractivity contribution in [2.24, 2.45) is 0 Å². The first-order chi connectivity index (χ1) is 14.8. The Morgan fingerprint density at radius 2 is 2.06 bits per heavy atom. The molecule has 162 valence electrons. The number of amides is 1. The number of nitrogens with one attached hydrogen (secondary N) is 2. The molecule has 3 aromatic rings. The number of nitrogens with zero attached hydrogens (tertiary/aromatic N) is 2. The van der Waals surface area contributed by atoms with E-state index in [1.807, 2.05) is 0 Å². The van der Waals surface area contributed by atoms with Crippen LogP contribution in [-0.4, -0.2) is 38.0 Å². The van der Waals surface area contributed by atoms with Gasteiger partial charge in [0.1, 0.15) is 16.5 Å². The van der Waals surface area contributed by atoms with Crippen molar-refractivity contribution < 1.29 is 22.3 Å². The standard InChI is InChI=1S/C21H21FN4O4S/c1-23-31(28,29)20-12-15(4-7-19(20)30-2)5-8-21(27)25-13-16-3-6-18(17(22)11-16)26-10-9-24-14-26/h3-12,14,23H,13H2,1-2H3,(H,25,27)/b8-5+. The fourth-order valence-electron chi connectivity index (χ4n) is 2.81. The molecule has 0 atom stereocenters. The van der Waals surface area contributed by atoms with Crippen LogP contribution in [0.1, 0.15) is 11.1 Å². The Balaban J connectivity index is 1.66. The number of hydrogen-bond acceptors (Lipinski definition) is 5.